The van der Waals surface area contributed by atoms with E-state index in [4.69, 9.17) is 14.7 Å². The Morgan fingerprint density at radius 1 is 1.31 bits per heavy atom. The number of benzene rings is 2. The van der Waals surface area contributed by atoms with Gasteiger partial charge in [0.2, 0.25) is 0 Å². The molecule has 0 saturated heterocycles. The van der Waals surface area contributed by atoms with Crippen LogP contribution >= 0.6 is 15.9 Å². The molecule has 0 heterocycles. The monoisotopic (exact) mass is 427 g/mol. The molecule has 2 aromatic rings. The molecule has 0 saturated carbocycles. The van der Waals surface area contributed by atoms with Crippen molar-refractivity contribution in [3.05, 3.63) is 57.3 Å². The van der Waals surface area contributed by atoms with Gasteiger partial charge in [-0.25, -0.2) is 13.2 Å². The van der Waals surface area contributed by atoms with E-state index in [0.29, 0.717) is 0 Å². The van der Waals surface area contributed by atoms with Gasteiger partial charge in [0.05, 0.1) is 29.1 Å². The second-order valence-corrected chi connectivity index (χ2v) is 5.99. The van der Waals surface area contributed by atoms with Crippen molar-refractivity contribution in [1.29, 1.82) is 5.26 Å². The molecule has 2 aromatic carbocycles. The molecule has 0 N–H and O–H groups in total. The van der Waals surface area contributed by atoms with E-state index >= 15 is 0 Å². The summed E-state index contributed by atoms with van der Waals surface area (Å²) in [5.74, 6) is -1.83. The molecule has 8 heteroatoms. The summed E-state index contributed by atoms with van der Waals surface area (Å²) in [6, 6.07) is 7.87. The van der Waals surface area contributed by atoms with E-state index in [2.05, 4.69) is 15.9 Å². The Kier molecular flexibility index (Phi) is 6.64. The van der Waals surface area contributed by atoms with Crippen LogP contribution in [-0.2, 0) is 16.0 Å². The minimum absolute atomic E-state index is 0.0344. The van der Waals surface area contributed by atoms with Crippen LogP contribution in [0.5, 0.6) is 11.5 Å². The number of rotatable bonds is 6. The van der Waals surface area contributed by atoms with Gasteiger partial charge in [0.1, 0.15) is 5.75 Å². The maximum atomic E-state index is 14.7. The van der Waals surface area contributed by atoms with Gasteiger partial charge in [-0.05, 0) is 47.1 Å². The van der Waals surface area contributed by atoms with E-state index in [-0.39, 0.29) is 40.1 Å². The summed E-state index contributed by atoms with van der Waals surface area (Å²) >= 11 is 3.12. The molecule has 0 aliphatic rings. The molecule has 0 aliphatic heterocycles. The average Bonchev–Trinajstić information content (AvgIpc) is 2.61. The van der Waals surface area contributed by atoms with E-state index in [0.717, 1.165) is 12.1 Å². The van der Waals surface area contributed by atoms with Crippen LogP contribution < -0.4 is 4.74 Å². The van der Waals surface area contributed by atoms with Crippen molar-refractivity contribution in [2.24, 2.45) is 0 Å². The predicted molar refractivity (Wildman–Crippen MR) is 90.6 cm³/mol. The smallest absolute Gasteiger partial charge is 0.310 e. The molecule has 136 valence electrons. The minimum Gasteiger partial charge on any atom is -0.466 e. The van der Waals surface area contributed by atoms with Crippen molar-refractivity contribution in [2.75, 3.05) is 6.61 Å². The number of alkyl halides is 2. The minimum atomic E-state index is -2.81. The Labute approximate surface area is 156 Å². The molecule has 0 spiro atoms. The quantitative estimate of drug-likeness (QED) is 0.587. The van der Waals surface area contributed by atoms with E-state index < -0.39 is 23.8 Å². The van der Waals surface area contributed by atoms with Gasteiger partial charge in [-0.3, -0.25) is 4.79 Å². The predicted octanol–water partition coefficient (Wildman–Crippen LogP) is 5.30. The molecule has 0 aliphatic carbocycles. The van der Waals surface area contributed by atoms with Gasteiger partial charge in [0.15, 0.2) is 11.6 Å². The number of nitriles is 1. The summed E-state index contributed by atoms with van der Waals surface area (Å²) in [6.45, 7) is 1.80. The van der Waals surface area contributed by atoms with Crippen molar-refractivity contribution in [1.82, 2.24) is 0 Å². The fourth-order valence-electron chi connectivity index (χ4n) is 2.16. The third-order valence-corrected chi connectivity index (χ3v) is 3.92. The highest BCUT2D eigenvalue weighted by Crippen LogP contribution is 2.36. The molecule has 26 heavy (non-hydrogen) atoms. The van der Waals surface area contributed by atoms with Crippen molar-refractivity contribution in [3.8, 4) is 17.6 Å². The summed E-state index contributed by atoms with van der Waals surface area (Å²) in [6.07, 6.45) is -3.11. The van der Waals surface area contributed by atoms with Crippen molar-refractivity contribution in [3.63, 3.8) is 0 Å². The van der Waals surface area contributed by atoms with E-state index in [1.54, 1.807) is 13.0 Å². The molecule has 0 aromatic heterocycles. The zero-order valence-corrected chi connectivity index (χ0v) is 15.1. The maximum Gasteiger partial charge on any atom is 0.310 e. The Hall–Kier alpha value is -2.53. The molecule has 0 radical (unpaired) electrons. The van der Waals surface area contributed by atoms with Crippen LogP contribution in [0.25, 0.3) is 0 Å². The standard InChI is InChI=1S/C18H13BrF3NO3/c1-2-25-15(24)8-11-3-4-14(19)17(16(11)20)26-13-6-10(9-23)5-12(7-13)18(21)22/h3-7,18H,2,8H2,1H3. The lowest BCUT2D eigenvalue weighted by Crippen LogP contribution is -2.09. The van der Waals surface area contributed by atoms with Crippen LogP contribution in [0.4, 0.5) is 13.2 Å². The molecule has 4 nitrogen and oxygen atoms in total. The van der Waals surface area contributed by atoms with E-state index in [1.807, 2.05) is 0 Å². The van der Waals surface area contributed by atoms with Crippen LogP contribution in [0.3, 0.4) is 0 Å². The zero-order valence-electron chi connectivity index (χ0n) is 13.6. The second-order valence-electron chi connectivity index (χ2n) is 5.14. The molecular formula is C18H13BrF3NO3. The molecule has 0 atom stereocenters. The lowest BCUT2D eigenvalue weighted by atomic mass is 10.1. The van der Waals surface area contributed by atoms with Gasteiger partial charge < -0.3 is 9.47 Å². The van der Waals surface area contributed by atoms with E-state index in [9.17, 15) is 18.0 Å². The molecule has 0 fully saturated rings. The topological polar surface area (TPSA) is 59.3 Å². The van der Waals surface area contributed by atoms with Gasteiger partial charge in [-0.15, -0.1) is 0 Å². The number of carbonyl (C=O) groups is 1. The van der Waals surface area contributed by atoms with Crippen LogP contribution in [0, 0.1) is 17.1 Å². The highest BCUT2D eigenvalue weighted by Gasteiger charge is 2.18. The second kappa shape index (κ2) is 8.72. The Morgan fingerprint density at radius 2 is 2.04 bits per heavy atom. The highest BCUT2D eigenvalue weighted by atomic mass is 79.9. The van der Waals surface area contributed by atoms with Crippen molar-refractivity contribution < 1.29 is 27.4 Å². The van der Waals surface area contributed by atoms with Gasteiger partial charge in [0.25, 0.3) is 6.43 Å². The first-order valence-electron chi connectivity index (χ1n) is 7.49. The third-order valence-electron chi connectivity index (χ3n) is 3.30. The Bertz CT molecular complexity index is 865. The zero-order chi connectivity index (χ0) is 19.3. The lowest BCUT2D eigenvalue weighted by molar-refractivity contribution is -0.142. The number of hydrogen-bond donors (Lipinski definition) is 0. The largest absolute Gasteiger partial charge is 0.466 e. The van der Waals surface area contributed by atoms with Crippen LogP contribution in [0.1, 0.15) is 30.0 Å². The third kappa shape index (κ3) is 4.76. The molecule has 0 amide bonds. The number of nitrogens with zero attached hydrogens (tertiary/aromatic N) is 1. The molecular weight excluding hydrogens is 415 g/mol. The van der Waals surface area contributed by atoms with Crippen molar-refractivity contribution in [2.45, 2.75) is 19.8 Å². The van der Waals surface area contributed by atoms with Crippen LogP contribution in [0.15, 0.2) is 34.8 Å². The Morgan fingerprint density at radius 3 is 2.65 bits per heavy atom. The first kappa shape index (κ1) is 19.8. The van der Waals surface area contributed by atoms with Gasteiger partial charge in [-0.1, -0.05) is 6.07 Å². The molecule has 0 unspecified atom stereocenters. The number of halogens is 4. The first-order valence-corrected chi connectivity index (χ1v) is 8.28. The van der Waals surface area contributed by atoms with Crippen LogP contribution in [-0.4, -0.2) is 12.6 Å². The maximum absolute atomic E-state index is 14.7. The summed E-state index contributed by atoms with van der Waals surface area (Å²) in [5.41, 5.74) is -0.428. The number of carbonyl (C=O) groups excluding carboxylic acids is 1. The summed E-state index contributed by atoms with van der Waals surface area (Å²) < 4.78 is 51.0. The SMILES string of the molecule is CCOC(=O)Cc1ccc(Br)c(Oc2cc(C#N)cc(C(F)F)c2)c1F. The number of ether oxygens (including phenoxy) is 2. The fourth-order valence-corrected chi connectivity index (χ4v) is 2.55. The van der Waals surface area contributed by atoms with Crippen LogP contribution in [0.2, 0.25) is 0 Å². The fraction of sp³-hybridized carbons (Fsp3) is 0.222. The Balaban J connectivity index is 2.39. The highest BCUT2D eigenvalue weighted by molar-refractivity contribution is 9.10. The first-order chi connectivity index (χ1) is 12.3. The molecule has 0 bridgehead atoms. The van der Waals surface area contributed by atoms with Gasteiger partial charge in [0, 0.05) is 11.1 Å². The summed E-state index contributed by atoms with van der Waals surface area (Å²) in [4.78, 5) is 11.6. The normalized spacial score (nSPS) is 10.5. The number of hydrogen-bond acceptors (Lipinski definition) is 4. The summed E-state index contributed by atoms with van der Waals surface area (Å²) in [7, 11) is 0. The lowest BCUT2D eigenvalue weighted by Gasteiger charge is -2.13. The number of esters is 1. The summed E-state index contributed by atoms with van der Waals surface area (Å²) in [5, 5.41) is 8.95. The van der Waals surface area contributed by atoms with Crippen molar-refractivity contribution >= 4 is 21.9 Å². The molecule has 2 rings (SSSR count). The average molecular weight is 428 g/mol. The van der Waals surface area contributed by atoms with Gasteiger partial charge in [-0.2, -0.15) is 5.26 Å². The van der Waals surface area contributed by atoms with Gasteiger partial charge >= 0.3 is 5.97 Å². The van der Waals surface area contributed by atoms with E-state index in [1.165, 1.54) is 18.2 Å².